The molecule has 4 nitrogen and oxygen atoms in total. The minimum atomic E-state index is -0.103. The molecule has 5 heteroatoms. The standard InChI is InChI=1S/C20H22N2O2S/c1-13(2)15-7-9-18(10-8-15)22-19(24)12-25-20(22)16-5-4-6-17(11-16)21-14(3)23/h4-11,13,20H,12H2,1-3H3,(H,21,23). The monoisotopic (exact) mass is 354 g/mol. The zero-order valence-electron chi connectivity index (χ0n) is 14.7. The molecule has 25 heavy (non-hydrogen) atoms. The van der Waals surface area contributed by atoms with Gasteiger partial charge in [0, 0.05) is 18.3 Å². The van der Waals surface area contributed by atoms with Crippen molar-refractivity contribution in [2.75, 3.05) is 16.0 Å². The lowest BCUT2D eigenvalue weighted by Gasteiger charge is -2.25. The van der Waals surface area contributed by atoms with Crippen LogP contribution in [0.5, 0.6) is 0 Å². The van der Waals surface area contributed by atoms with Crippen molar-refractivity contribution >= 4 is 35.0 Å². The normalized spacial score (nSPS) is 17.2. The maximum atomic E-state index is 12.5. The summed E-state index contributed by atoms with van der Waals surface area (Å²) in [6.45, 7) is 5.80. The van der Waals surface area contributed by atoms with Gasteiger partial charge in [-0.05, 0) is 41.3 Å². The number of anilines is 2. The van der Waals surface area contributed by atoms with Crippen LogP contribution < -0.4 is 10.2 Å². The van der Waals surface area contributed by atoms with Crippen LogP contribution in [-0.4, -0.2) is 17.6 Å². The summed E-state index contributed by atoms with van der Waals surface area (Å²) < 4.78 is 0. The predicted octanol–water partition coefficient (Wildman–Crippen LogP) is 4.55. The molecule has 0 saturated carbocycles. The number of hydrogen-bond acceptors (Lipinski definition) is 3. The molecule has 1 aliphatic heterocycles. The van der Waals surface area contributed by atoms with Gasteiger partial charge in [-0.15, -0.1) is 11.8 Å². The van der Waals surface area contributed by atoms with E-state index in [2.05, 4.69) is 31.3 Å². The highest BCUT2D eigenvalue weighted by molar-refractivity contribution is 8.00. The highest BCUT2D eigenvalue weighted by Crippen LogP contribution is 2.42. The molecule has 0 aliphatic carbocycles. The van der Waals surface area contributed by atoms with Crippen LogP contribution in [0.3, 0.4) is 0 Å². The Labute approximate surface area is 152 Å². The van der Waals surface area contributed by atoms with E-state index in [-0.39, 0.29) is 17.2 Å². The zero-order chi connectivity index (χ0) is 18.0. The maximum absolute atomic E-state index is 12.5. The van der Waals surface area contributed by atoms with Crippen LogP contribution in [0, 0.1) is 0 Å². The second-order valence-corrected chi connectivity index (χ2v) is 7.55. The molecule has 2 aromatic carbocycles. The first-order chi connectivity index (χ1) is 12.0. The van der Waals surface area contributed by atoms with Crippen molar-refractivity contribution in [2.24, 2.45) is 0 Å². The molecule has 0 aromatic heterocycles. The molecular weight excluding hydrogens is 332 g/mol. The maximum Gasteiger partial charge on any atom is 0.238 e. The third kappa shape index (κ3) is 3.87. The molecule has 0 bridgehead atoms. The number of thioether (sulfide) groups is 1. The number of rotatable bonds is 4. The number of nitrogens with one attached hydrogen (secondary N) is 1. The minimum absolute atomic E-state index is 0.0777. The molecule has 1 heterocycles. The van der Waals surface area contributed by atoms with Crippen LogP contribution in [0.15, 0.2) is 48.5 Å². The fraction of sp³-hybridized carbons (Fsp3) is 0.300. The van der Waals surface area contributed by atoms with E-state index in [1.165, 1.54) is 12.5 Å². The van der Waals surface area contributed by atoms with Crippen molar-refractivity contribution in [2.45, 2.75) is 32.1 Å². The van der Waals surface area contributed by atoms with Gasteiger partial charge in [0.25, 0.3) is 0 Å². The van der Waals surface area contributed by atoms with Gasteiger partial charge in [0.1, 0.15) is 5.37 Å². The van der Waals surface area contributed by atoms with Crippen LogP contribution in [-0.2, 0) is 9.59 Å². The van der Waals surface area contributed by atoms with E-state index in [9.17, 15) is 9.59 Å². The van der Waals surface area contributed by atoms with E-state index in [4.69, 9.17) is 0 Å². The van der Waals surface area contributed by atoms with Gasteiger partial charge in [0.15, 0.2) is 0 Å². The van der Waals surface area contributed by atoms with E-state index >= 15 is 0 Å². The highest BCUT2D eigenvalue weighted by atomic mass is 32.2. The average molecular weight is 354 g/mol. The Kier molecular flexibility index (Phi) is 5.13. The summed E-state index contributed by atoms with van der Waals surface area (Å²) in [7, 11) is 0. The largest absolute Gasteiger partial charge is 0.326 e. The van der Waals surface area contributed by atoms with Gasteiger partial charge >= 0.3 is 0 Å². The van der Waals surface area contributed by atoms with E-state index < -0.39 is 0 Å². The SMILES string of the molecule is CC(=O)Nc1cccc(C2SCC(=O)N2c2ccc(C(C)C)cc2)c1. The van der Waals surface area contributed by atoms with Gasteiger partial charge in [0.2, 0.25) is 11.8 Å². The first kappa shape index (κ1) is 17.5. The smallest absolute Gasteiger partial charge is 0.238 e. The van der Waals surface area contributed by atoms with Crippen LogP contribution >= 0.6 is 11.8 Å². The summed E-state index contributed by atoms with van der Waals surface area (Å²) in [5.41, 5.74) is 3.93. The lowest BCUT2D eigenvalue weighted by Crippen LogP contribution is -2.27. The Balaban J connectivity index is 1.90. The lowest BCUT2D eigenvalue weighted by molar-refractivity contribution is -0.116. The molecule has 1 aliphatic rings. The summed E-state index contributed by atoms with van der Waals surface area (Å²) in [4.78, 5) is 25.6. The molecule has 2 amide bonds. The minimum Gasteiger partial charge on any atom is -0.326 e. The predicted molar refractivity (Wildman–Crippen MR) is 104 cm³/mol. The van der Waals surface area contributed by atoms with E-state index in [0.29, 0.717) is 11.7 Å². The molecule has 0 radical (unpaired) electrons. The highest BCUT2D eigenvalue weighted by Gasteiger charge is 2.34. The Morgan fingerprint density at radius 1 is 1.20 bits per heavy atom. The molecule has 1 atom stereocenters. The molecule has 1 unspecified atom stereocenters. The van der Waals surface area contributed by atoms with Crippen LogP contribution in [0.4, 0.5) is 11.4 Å². The molecule has 1 saturated heterocycles. The summed E-state index contributed by atoms with van der Waals surface area (Å²) in [5.74, 6) is 0.925. The third-order valence-corrected chi connectivity index (χ3v) is 5.41. The van der Waals surface area contributed by atoms with Crippen LogP contribution in [0.1, 0.15) is 43.2 Å². The quantitative estimate of drug-likeness (QED) is 0.876. The molecule has 2 aromatic rings. The van der Waals surface area contributed by atoms with Gasteiger partial charge in [-0.2, -0.15) is 0 Å². The van der Waals surface area contributed by atoms with Crippen molar-refractivity contribution < 1.29 is 9.59 Å². The molecule has 1 fully saturated rings. The molecular formula is C20H22N2O2S. The summed E-state index contributed by atoms with van der Waals surface area (Å²) in [6, 6.07) is 15.9. The van der Waals surface area contributed by atoms with Crippen molar-refractivity contribution in [1.82, 2.24) is 0 Å². The van der Waals surface area contributed by atoms with Gasteiger partial charge in [-0.3, -0.25) is 14.5 Å². The van der Waals surface area contributed by atoms with Crippen molar-refractivity contribution in [3.05, 3.63) is 59.7 Å². The Bertz CT molecular complexity index is 787. The van der Waals surface area contributed by atoms with Gasteiger partial charge in [0.05, 0.1) is 5.75 Å². The fourth-order valence-corrected chi connectivity index (χ4v) is 4.11. The van der Waals surface area contributed by atoms with Crippen LogP contribution in [0.2, 0.25) is 0 Å². The van der Waals surface area contributed by atoms with E-state index in [1.54, 1.807) is 11.8 Å². The van der Waals surface area contributed by atoms with Gasteiger partial charge < -0.3 is 5.32 Å². The summed E-state index contributed by atoms with van der Waals surface area (Å²) >= 11 is 1.61. The first-order valence-corrected chi connectivity index (χ1v) is 9.42. The number of benzene rings is 2. The van der Waals surface area contributed by atoms with Gasteiger partial charge in [-0.1, -0.05) is 38.1 Å². The Morgan fingerprint density at radius 3 is 2.56 bits per heavy atom. The number of hydrogen-bond donors (Lipinski definition) is 1. The topological polar surface area (TPSA) is 49.4 Å². The second-order valence-electron chi connectivity index (χ2n) is 6.48. The van der Waals surface area contributed by atoms with Crippen molar-refractivity contribution in [3.8, 4) is 0 Å². The number of carbonyl (C=O) groups excluding carboxylic acids is 2. The number of nitrogens with zero attached hydrogens (tertiary/aromatic N) is 1. The molecule has 0 spiro atoms. The number of carbonyl (C=O) groups is 2. The van der Waals surface area contributed by atoms with E-state index in [1.807, 2.05) is 41.3 Å². The average Bonchev–Trinajstić information content (AvgIpc) is 2.96. The third-order valence-electron chi connectivity index (χ3n) is 4.20. The molecule has 3 rings (SSSR count). The Morgan fingerprint density at radius 2 is 1.92 bits per heavy atom. The Hall–Kier alpha value is -2.27. The van der Waals surface area contributed by atoms with Crippen molar-refractivity contribution in [1.29, 1.82) is 0 Å². The fourth-order valence-electron chi connectivity index (χ4n) is 2.94. The second kappa shape index (κ2) is 7.31. The van der Waals surface area contributed by atoms with Crippen LogP contribution in [0.25, 0.3) is 0 Å². The van der Waals surface area contributed by atoms with Crippen molar-refractivity contribution in [3.63, 3.8) is 0 Å². The summed E-state index contributed by atoms with van der Waals surface area (Å²) in [5, 5.41) is 2.73. The lowest BCUT2D eigenvalue weighted by atomic mass is 10.0. The van der Waals surface area contributed by atoms with Gasteiger partial charge in [-0.25, -0.2) is 0 Å². The molecule has 130 valence electrons. The zero-order valence-corrected chi connectivity index (χ0v) is 15.5. The summed E-state index contributed by atoms with van der Waals surface area (Å²) in [6.07, 6.45) is 0. The van der Waals surface area contributed by atoms with E-state index in [0.717, 1.165) is 16.9 Å². The number of amides is 2. The first-order valence-electron chi connectivity index (χ1n) is 8.37. The molecule has 1 N–H and O–H groups in total.